The first-order valence-electron chi connectivity index (χ1n) is 10.3. The third-order valence-corrected chi connectivity index (χ3v) is 4.38. The van der Waals surface area contributed by atoms with Crippen LogP contribution in [0.3, 0.4) is 0 Å². The molecule has 0 rings (SSSR count). The van der Waals surface area contributed by atoms with E-state index in [9.17, 15) is 4.79 Å². The fourth-order valence-electron chi connectivity index (χ4n) is 2.88. The molecule has 0 N–H and O–H groups in total. The van der Waals surface area contributed by atoms with E-state index in [0.29, 0.717) is 13.0 Å². The van der Waals surface area contributed by atoms with Gasteiger partial charge < -0.3 is 4.74 Å². The second-order valence-electron chi connectivity index (χ2n) is 7.40. The lowest BCUT2D eigenvalue weighted by Crippen LogP contribution is -2.04. The molecule has 0 spiro atoms. The summed E-state index contributed by atoms with van der Waals surface area (Å²) in [5.74, 6) is 0.859. The molecule has 0 unspecified atom stereocenters. The van der Waals surface area contributed by atoms with Gasteiger partial charge in [0, 0.05) is 6.42 Å². The Balaban J connectivity index is 3.06. The van der Waals surface area contributed by atoms with Crippen LogP contribution in [0.5, 0.6) is 0 Å². The highest BCUT2D eigenvalue weighted by Gasteiger charge is 2.01. The summed E-state index contributed by atoms with van der Waals surface area (Å²) in [5.41, 5.74) is 0. The smallest absolute Gasteiger partial charge is 0.305 e. The maximum atomic E-state index is 11.3. The minimum atomic E-state index is -0.0137. The van der Waals surface area contributed by atoms with Gasteiger partial charge in [-0.1, -0.05) is 97.8 Å². The van der Waals surface area contributed by atoms with Crippen molar-refractivity contribution in [2.24, 2.45) is 5.92 Å². The Bertz CT molecular complexity index is 248. The summed E-state index contributed by atoms with van der Waals surface area (Å²) in [6.07, 6.45) is 19.0. The van der Waals surface area contributed by atoms with Crippen LogP contribution in [0.4, 0.5) is 0 Å². The molecule has 0 radical (unpaired) electrons. The first-order chi connectivity index (χ1) is 11.2. The van der Waals surface area contributed by atoms with Crippen molar-refractivity contribution in [1.29, 1.82) is 0 Å². The predicted molar refractivity (Wildman–Crippen MR) is 101 cm³/mol. The van der Waals surface area contributed by atoms with Gasteiger partial charge in [0.2, 0.25) is 0 Å². The number of carbonyl (C=O) groups is 1. The minimum absolute atomic E-state index is 0.0137. The summed E-state index contributed by atoms with van der Waals surface area (Å²) in [7, 11) is 0. The van der Waals surface area contributed by atoms with Crippen LogP contribution in [0.2, 0.25) is 0 Å². The number of rotatable bonds is 17. The summed E-state index contributed by atoms with van der Waals surface area (Å²) in [5, 5.41) is 0. The molecule has 0 bridgehead atoms. The lowest BCUT2D eigenvalue weighted by atomic mass is 10.0. The Kier molecular flexibility index (Phi) is 17.4. The fourth-order valence-corrected chi connectivity index (χ4v) is 2.88. The van der Waals surface area contributed by atoms with Crippen LogP contribution < -0.4 is 0 Å². The number of carbonyl (C=O) groups excluding carboxylic acids is 1. The van der Waals surface area contributed by atoms with Gasteiger partial charge in [0.1, 0.15) is 0 Å². The van der Waals surface area contributed by atoms with Crippen LogP contribution >= 0.6 is 0 Å². The van der Waals surface area contributed by atoms with E-state index in [4.69, 9.17) is 4.74 Å². The zero-order chi connectivity index (χ0) is 17.2. The number of hydrogen-bond donors (Lipinski definition) is 0. The third kappa shape index (κ3) is 19.4. The van der Waals surface area contributed by atoms with Gasteiger partial charge in [0.15, 0.2) is 0 Å². The molecule has 2 nitrogen and oxygen atoms in total. The Morgan fingerprint density at radius 2 is 1.17 bits per heavy atom. The number of esters is 1. The van der Waals surface area contributed by atoms with Gasteiger partial charge in [-0.2, -0.15) is 0 Å². The van der Waals surface area contributed by atoms with E-state index in [1.165, 1.54) is 77.0 Å². The summed E-state index contributed by atoms with van der Waals surface area (Å²) < 4.78 is 5.07. The van der Waals surface area contributed by atoms with Gasteiger partial charge in [-0.25, -0.2) is 0 Å². The Labute approximate surface area is 145 Å². The minimum Gasteiger partial charge on any atom is -0.466 e. The number of hydrogen-bond acceptors (Lipinski definition) is 2. The van der Waals surface area contributed by atoms with Crippen LogP contribution in [0.15, 0.2) is 0 Å². The molecule has 0 fully saturated rings. The number of unbranched alkanes of at least 4 members (excludes halogenated alkanes) is 11. The average molecular weight is 327 g/mol. The van der Waals surface area contributed by atoms with Crippen LogP contribution in [0.1, 0.15) is 117 Å². The van der Waals surface area contributed by atoms with Crippen molar-refractivity contribution >= 4 is 5.97 Å². The van der Waals surface area contributed by atoms with Crippen molar-refractivity contribution in [3.63, 3.8) is 0 Å². The Morgan fingerprint density at radius 3 is 1.61 bits per heavy atom. The molecular weight excluding hydrogens is 284 g/mol. The molecule has 23 heavy (non-hydrogen) atoms. The standard InChI is InChI=1S/C21H42O2/c1-4-19-23-21(22)18-16-14-12-10-8-6-5-7-9-11-13-15-17-20(2)3/h20H,4-19H2,1-3H3. The summed E-state index contributed by atoms with van der Waals surface area (Å²) in [6.45, 7) is 7.24. The molecule has 138 valence electrons. The van der Waals surface area contributed by atoms with Gasteiger partial charge in [-0.3, -0.25) is 4.79 Å². The second kappa shape index (κ2) is 17.8. The predicted octanol–water partition coefficient (Wildman–Crippen LogP) is 7.06. The van der Waals surface area contributed by atoms with Gasteiger partial charge in [0.25, 0.3) is 0 Å². The molecule has 0 aliphatic carbocycles. The van der Waals surface area contributed by atoms with Crippen molar-refractivity contribution in [3.8, 4) is 0 Å². The van der Waals surface area contributed by atoms with Crippen molar-refractivity contribution in [2.45, 2.75) is 117 Å². The molecule has 0 aromatic carbocycles. The molecule has 0 saturated carbocycles. The first-order valence-corrected chi connectivity index (χ1v) is 10.3. The molecule has 0 atom stereocenters. The van der Waals surface area contributed by atoms with Crippen molar-refractivity contribution in [3.05, 3.63) is 0 Å². The lowest BCUT2D eigenvalue weighted by molar-refractivity contribution is -0.143. The third-order valence-electron chi connectivity index (χ3n) is 4.38. The zero-order valence-corrected chi connectivity index (χ0v) is 16.2. The van der Waals surface area contributed by atoms with Crippen molar-refractivity contribution < 1.29 is 9.53 Å². The molecule has 2 heteroatoms. The molecular formula is C21H42O2. The molecule has 0 heterocycles. The maximum absolute atomic E-state index is 11.3. The van der Waals surface area contributed by atoms with Crippen LogP contribution in [0.25, 0.3) is 0 Å². The van der Waals surface area contributed by atoms with E-state index in [1.54, 1.807) is 0 Å². The van der Waals surface area contributed by atoms with Gasteiger partial charge >= 0.3 is 5.97 Å². The van der Waals surface area contributed by atoms with E-state index >= 15 is 0 Å². The van der Waals surface area contributed by atoms with Crippen molar-refractivity contribution in [1.82, 2.24) is 0 Å². The van der Waals surface area contributed by atoms with Crippen LogP contribution in [-0.4, -0.2) is 12.6 Å². The van der Waals surface area contributed by atoms with E-state index in [0.717, 1.165) is 18.8 Å². The van der Waals surface area contributed by atoms with Crippen molar-refractivity contribution in [2.75, 3.05) is 6.61 Å². The van der Waals surface area contributed by atoms with Crippen LogP contribution in [0, 0.1) is 5.92 Å². The fraction of sp³-hybridized carbons (Fsp3) is 0.952. The van der Waals surface area contributed by atoms with E-state index in [-0.39, 0.29) is 5.97 Å². The van der Waals surface area contributed by atoms with Gasteiger partial charge in [-0.05, 0) is 18.8 Å². The Morgan fingerprint density at radius 1 is 0.739 bits per heavy atom. The molecule has 0 aliphatic rings. The SMILES string of the molecule is CCCOC(=O)CCCCCCCCCCCCCCC(C)C. The molecule has 0 saturated heterocycles. The maximum Gasteiger partial charge on any atom is 0.305 e. The monoisotopic (exact) mass is 326 g/mol. The summed E-state index contributed by atoms with van der Waals surface area (Å²) in [4.78, 5) is 11.3. The molecule has 0 amide bonds. The zero-order valence-electron chi connectivity index (χ0n) is 16.2. The summed E-state index contributed by atoms with van der Waals surface area (Å²) in [6, 6.07) is 0. The summed E-state index contributed by atoms with van der Waals surface area (Å²) >= 11 is 0. The van der Waals surface area contributed by atoms with E-state index < -0.39 is 0 Å². The highest BCUT2D eigenvalue weighted by Crippen LogP contribution is 2.14. The molecule has 0 aromatic heterocycles. The first kappa shape index (κ1) is 22.5. The average Bonchev–Trinajstić information content (AvgIpc) is 2.52. The van der Waals surface area contributed by atoms with E-state index in [1.807, 2.05) is 6.92 Å². The Hall–Kier alpha value is -0.530. The van der Waals surface area contributed by atoms with E-state index in [2.05, 4.69) is 13.8 Å². The topological polar surface area (TPSA) is 26.3 Å². The second-order valence-corrected chi connectivity index (χ2v) is 7.40. The lowest BCUT2D eigenvalue weighted by Gasteiger charge is -2.05. The number of ether oxygens (including phenoxy) is 1. The quantitative estimate of drug-likeness (QED) is 0.211. The normalized spacial score (nSPS) is 11.1. The molecule has 0 aromatic rings. The largest absolute Gasteiger partial charge is 0.466 e. The van der Waals surface area contributed by atoms with Gasteiger partial charge in [-0.15, -0.1) is 0 Å². The highest BCUT2D eigenvalue weighted by molar-refractivity contribution is 5.69. The highest BCUT2D eigenvalue weighted by atomic mass is 16.5. The van der Waals surface area contributed by atoms with Crippen LogP contribution in [-0.2, 0) is 9.53 Å². The van der Waals surface area contributed by atoms with Gasteiger partial charge in [0.05, 0.1) is 6.61 Å². The molecule has 0 aliphatic heterocycles.